The summed E-state index contributed by atoms with van der Waals surface area (Å²) in [4.78, 5) is 11.9. The summed E-state index contributed by atoms with van der Waals surface area (Å²) in [7, 11) is 0. The molecule has 1 amide bonds. The molecule has 0 saturated carbocycles. The average Bonchev–Trinajstić information content (AvgIpc) is 2.52. The molecular formula is C18H22N2O3. The number of hydrogen-bond acceptors (Lipinski definition) is 3. The number of nitrogens with one attached hydrogen (secondary N) is 1. The monoisotopic (exact) mass is 314 g/mol. The summed E-state index contributed by atoms with van der Waals surface area (Å²) in [5.74, 6) is 0.713. The molecule has 2 rings (SSSR count). The van der Waals surface area contributed by atoms with Crippen LogP contribution >= 0.6 is 0 Å². The molecule has 5 nitrogen and oxygen atoms in total. The molecule has 122 valence electrons. The van der Waals surface area contributed by atoms with Crippen LogP contribution in [0.4, 0.5) is 0 Å². The van der Waals surface area contributed by atoms with Gasteiger partial charge in [-0.25, -0.2) is 0 Å². The highest BCUT2D eigenvalue weighted by Gasteiger charge is 2.06. The summed E-state index contributed by atoms with van der Waals surface area (Å²) in [6.07, 6.45) is 3.33. The molecule has 0 spiro atoms. The lowest BCUT2D eigenvalue weighted by molar-refractivity contribution is -0.605. The van der Waals surface area contributed by atoms with Crippen molar-refractivity contribution >= 4 is 5.91 Å². The van der Waals surface area contributed by atoms with E-state index in [1.54, 1.807) is 0 Å². The summed E-state index contributed by atoms with van der Waals surface area (Å²) >= 11 is 0. The number of carbonyl (C=O) groups is 1. The minimum atomic E-state index is -0.187. The highest BCUT2D eigenvalue weighted by Crippen LogP contribution is 2.23. The lowest BCUT2D eigenvalue weighted by Crippen LogP contribution is -2.28. The predicted octanol–water partition coefficient (Wildman–Crippen LogP) is 2.44. The first kappa shape index (κ1) is 16.8. The Morgan fingerprint density at radius 2 is 1.91 bits per heavy atom. The zero-order valence-electron chi connectivity index (χ0n) is 13.8. The molecule has 23 heavy (non-hydrogen) atoms. The Hall–Kier alpha value is -2.56. The Bertz CT molecular complexity index is 681. The van der Waals surface area contributed by atoms with E-state index in [-0.39, 0.29) is 5.91 Å². The highest BCUT2D eigenvalue weighted by molar-refractivity contribution is 5.93. The highest BCUT2D eigenvalue weighted by atomic mass is 16.5. The van der Waals surface area contributed by atoms with Gasteiger partial charge in [0.15, 0.2) is 12.4 Å². The van der Waals surface area contributed by atoms with E-state index in [9.17, 15) is 10.0 Å². The number of aryl methyl sites for hydroxylation is 2. The SMILES string of the molecule is Cc1cc(C)c(C)c(OCCCNC(=O)c2cc[n+]([O-])cc2)c1. The van der Waals surface area contributed by atoms with Gasteiger partial charge in [-0.15, -0.1) is 0 Å². The maximum atomic E-state index is 11.9. The van der Waals surface area contributed by atoms with Gasteiger partial charge in [0, 0.05) is 18.7 Å². The Kier molecular flexibility index (Phi) is 5.57. The van der Waals surface area contributed by atoms with Crippen LogP contribution in [0.15, 0.2) is 36.7 Å². The zero-order chi connectivity index (χ0) is 16.8. The minimum Gasteiger partial charge on any atom is -0.619 e. The lowest BCUT2D eigenvalue weighted by Gasteiger charge is -2.12. The van der Waals surface area contributed by atoms with Crippen LogP contribution in [-0.4, -0.2) is 19.1 Å². The van der Waals surface area contributed by atoms with Crippen molar-refractivity contribution in [2.75, 3.05) is 13.2 Å². The van der Waals surface area contributed by atoms with Crippen molar-refractivity contribution in [2.45, 2.75) is 27.2 Å². The first-order valence-electron chi connectivity index (χ1n) is 7.65. The fourth-order valence-electron chi connectivity index (χ4n) is 2.27. The van der Waals surface area contributed by atoms with Gasteiger partial charge in [-0.1, -0.05) is 6.07 Å². The van der Waals surface area contributed by atoms with Crippen LogP contribution in [0.3, 0.4) is 0 Å². The van der Waals surface area contributed by atoms with E-state index in [0.29, 0.717) is 29.9 Å². The Labute approximate surface area is 136 Å². The number of aromatic nitrogens is 1. The molecule has 1 heterocycles. The predicted molar refractivity (Wildman–Crippen MR) is 88.5 cm³/mol. The second-order valence-electron chi connectivity index (χ2n) is 5.61. The van der Waals surface area contributed by atoms with Crippen molar-refractivity contribution in [3.63, 3.8) is 0 Å². The maximum absolute atomic E-state index is 11.9. The number of carbonyl (C=O) groups excluding carboxylic acids is 1. The van der Waals surface area contributed by atoms with Gasteiger partial charge < -0.3 is 15.3 Å². The lowest BCUT2D eigenvalue weighted by atomic mass is 10.1. The van der Waals surface area contributed by atoms with Gasteiger partial charge in [0.25, 0.3) is 5.91 Å². The van der Waals surface area contributed by atoms with E-state index in [1.165, 1.54) is 35.7 Å². The molecule has 0 unspecified atom stereocenters. The fourth-order valence-corrected chi connectivity index (χ4v) is 2.27. The summed E-state index contributed by atoms with van der Waals surface area (Å²) in [5.41, 5.74) is 4.02. The molecule has 0 aliphatic heterocycles. The maximum Gasteiger partial charge on any atom is 0.251 e. The van der Waals surface area contributed by atoms with Gasteiger partial charge in [-0.2, -0.15) is 4.73 Å². The molecule has 0 bridgehead atoms. The molecule has 0 radical (unpaired) electrons. The van der Waals surface area contributed by atoms with Gasteiger partial charge >= 0.3 is 0 Å². The van der Waals surface area contributed by atoms with Crippen LogP contribution in [0.25, 0.3) is 0 Å². The Morgan fingerprint density at radius 3 is 2.61 bits per heavy atom. The van der Waals surface area contributed by atoms with E-state index in [2.05, 4.69) is 18.3 Å². The van der Waals surface area contributed by atoms with Crippen LogP contribution in [0.2, 0.25) is 0 Å². The third-order valence-corrected chi connectivity index (χ3v) is 3.69. The molecule has 1 aromatic heterocycles. The van der Waals surface area contributed by atoms with E-state index < -0.39 is 0 Å². The van der Waals surface area contributed by atoms with Crippen molar-refractivity contribution in [2.24, 2.45) is 0 Å². The Morgan fingerprint density at radius 1 is 1.22 bits per heavy atom. The van der Waals surface area contributed by atoms with Gasteiger partial charge in [0.1, 0.15) is 5.75 Å². The first-order chi connectivity index (χ1) is 11.0. The standard InChI is InChI=1S/C18H22N2O3/c1-13-11-14(2)15(3)17(12-13)23-10-4-7-19-18(21)16-5-8-20(22)9-6-16/h5-6,8-9,11-12H,4,7,10H2,1-3H3,(H,19,21). The molecule has 1 aromatic carbocycles. The van der Waals surface area contributed by atoms with E-state index in [4.69, 9.17) is 4.74 Å². The van der Waals surface area contributed by atoms with Gasteiger partial charge in [0.05, 0.1) is 12.2 Å². The van der Waals surface area contributed by atoms with Gasteiger partial charge in [0.2, 0.25) is 0 Å². The molecule has 0 atom stereocenters. The third-order valence-electron chi connectivity index (χ3n) is 3.69. The van der Waals surface area contributed by atoms with E-state index >= 15 is 0 Å². The van der Waals surface area contributed by atoms with Crippen molar-refractivity contribution in [1.82, 2.24) is 5.32 Å². The number of pyridine rings is 1. The summed E-state index contributed by atoms with van der Waals surface area (Å²) in [5, 5.41) is 13.7. The first-order valence-corrected chi connectivity index (χ1v) is 7.65. The van der Waals surface area contributed by atoms with Gasteiger partial charge in [-0.05, 0) is 49.9 Å². The molecule has 0 fully saturated rings. The Balaban J connectivity index is 1.76. The molecule has 0 aliphatic rings. The normalized spacial score (nSPS) is 10.4. The zero-order valence-corrected chi connectivity index (χ0v) is 13.8. The second-order valence-corrected chi connectivity index (χ2v) is 5.61. The van der Waals surface area contributed by atoms with Crippen molar-refractivity contribution in [3.05, 3.63) is 64.1 Å². The minimum absolute atomic E-state index is 0.187. The summed E-state index contributed by atoms with van der Waals surface area (Å²) in [6, 6.07) is 7.16. The van der Waals surface area contributed by atoms with Crippen molar-refractivity contribution in [3.8, 4) is 5.75 Å². The quantitative estimate of drug-likeness (QED) is 0.506. The van der Waals surface area contributed by atoms with Crippen molar-refractivity contribution in [1.29, 1.82) is 0 Å². The molecule has 5 heteroatoms. The van der Waals surface area contributed by atoms with Crippen LogP contribution in [0.1, 0.15) is 33.5 Å². The average molecular weight is 314 g/mol. The second kappa shape index (κ2) is 7.63. The van der Waals surface area contributed by atoms with Crippen molar-refractivity contribution < 1.29 is 14.3 Å². The molecular weight excluding hydrogens is 292 g/mol. The third kappa shape index (κ3) is 4.71. The number of hydrogen-bond donors (Lipinski definition) is 1. The number of nitrogens with zero attached hydrogens (tertiary/aromatic N) is 1. The van der Waals surface area contributed by atoms with Crippen LogP contribution < -0.4 is 14.8 Å². The molecule has 0 aliphatic carbocycles. The molecule has 0 saturated heterocycles. The summed E-state index contributed by atoms with van der Waals surface area (Å²) < 4.78 is 6.46. The number of rotatable bonds is 6. The largest absolute Gasteiger partial charge is 0.619 e. The van der Waals surface area contributed by atoms with Crippen LogP contribution in [-0.2, 0) is 0 Å². The van der Waals surface area contributed by atoms with E-state index in [0.717, 1.165) is 11.3 Å². The van der Waals surface area contributed by atoms with E-state index in [1.807, 2.05) is 19.9 Å². The number of ether oxygens (including phenoxy) is 1. The number of amides is 1. The van der Waals surface area contributed by atoms with Gasteiger partial charge in [-0.3, -0.25) is 4.79 Å². The van der Waals surface area contributed by atoms with Crippen LogP contribution in [0, 0.1) is 26.0 Å². The van der Waals surface area contributed by atoms with Crippen LogP contribution in [0.5, 0.6) is 5.75 Å². The summed E-state index contributed by atoms with van der Waals surface area (Å²) in [6.45, 7) is 7.23. The topological polar surface area (TPSA) is 65.3 Å². The number of benzene rings is 1. The molecule has 1 N–H and O–H groups in total. The smallest absolute Gasteiger partial charge is 0.251 e. The fraction of sp³-hybridized carbons (Fsp3) is 0.333. The molecule has 2 aromatic rings.